The summed E-state index contributed by atoms with van der Waals surface area (Å²) in [6.45, 7) is 4.15. The topological polar surface area (TPSA) is 49.7 Å². The fourth-order valence-electron chi connectivity index (χ4n) is 2.96. The Morgan fingerprint density at radius 1 is 0.800 bits per heavy atom. The number of rotatable bonds is 3. The van der Waals surface area contributed by atoms with Crippen LogP contribution < -0.4 is 5.30 Å². The van der Waals surface area contributed by atoms with E-state index in [0.29, 0.717) is 8.37 Å². The van der Waals surface area contributed by atoms with Gasteiger partial charge in [-0.2, -0.15) is 4.74 Å². The van der Waals surface area contributed by atoms with Crippen LogP contribution in [0, 0.1) is 13.8 Å². The largest absolute Gasteiger partial charge is 0.463 e. The first-order valence-corrected chi connectivity index (χ1v) is 8.82. The molecule has 0 saturated heterocycles. The Bertz CT molecular complexity index is 964. The number of hydrogen-bond acceptors (Lipinski definition) is 1. The quantitative estimate of drug-likeness (QED) is 0.585. The molecule has 1 amide bonds. The first kappa shape index (κ1) is 17.1. The van der Waals surface area contributed by atoms with Crippen molar-refractivity contribution in [2.75, 3.05) is 0 Å². The van der Waals surface area contributed by atoms with Gasteiger partial charge in [0.05, 0.1) is 8.37 Å². The highest BCUT2D eigenvalue weighted by molar-refractivity contribution is 7.37. The van der Waals surface area contributed by atoms with Crippen molar-refractivity contribution in [1.82, 2.24) is 0 Å². The van der Waals surface area contributed by atoms with Crippen LogP contribution in [0.4, 0.5) is 4.79 Å². The molecule has 4 heteroatoms. The highest BCUT2D eigenvalue weighted by atomic mass is 31.1. The third kappa shape index (κ3) is 3.67. The monoisotopic (exact) mass is 347 g/mol. The summed E-state index contributed by atoms with van der Waals surface area (Å²) in [5, 5.41) is 9.83. The van der Waals surface area contributed by atoms with Crippen molar-refractivity contribution in [3.8, 4) is 22.3 Å². The maximum absolute atomic E-state index is 10.9. The van der Waals surface area contributed by atoms with E-state index >= 15 is 0 Å². The molecule has 0 fully saturated rings. The second-order valence-corrected chi connectivity index (χ2v) is 6.69. The number of amides is 1. The molecule has 0 unspecified atom stereocenters. The molecule has 0 atom stereocenters. The zero-order valence-electron chi connectivity index (χ0n) is 14.1. The molecule has 0 aliphatic heterocycles. The molecule has 25 heavy (non-hydrogen) atoms. The van der Waals surface area contributed by atoms with E-state index in [2.05, 4.69) is 48.9 Å². The summed E-state index contributed by atoms with van der Waals surface area (Å²) >= 11 is 0. The second kappa shape index (κ2) is 7.42. The summed E-state index contributed by atoms with van der Waals surface area (Å²) in [7, 11) is 0.434. The molecular formula is C21H18NO2P. The molecule has 3 aromatic carbocycles. The van der Waals surface area contributed by atoms with E-state index in [0.717, 1.165) is 33.1 Å². The van der Waals surface area contributed by atoms with Crippen LogP contribution in [-0.2, 0) is 0 Å². The van der Waals surface area contributed by atoms with Crippen LogP contribution in [-0.4, -0.2) is 11.2 Å². The van der Waals surface area contributed by atoms with Gasteiger partial charge in [-0.25, -0.2) is 4.79 Å². The third-order valence-electron chi connectivity index (χ3n) is 4.14. The molecule has 0 bridgehead atoms. The minimum absolute atomic E-state index is 0.434. The lowest BCUT2D eigenvalue weighted by molar-refractivity contribution is 0.206. The van der Waals surface area contributed by atoms with E-state index in [1.165, 1.54) is 5.56 Å². The maximum atomic E-state index is 10.9. The van der Waals surface area contributed by atoms with Gasteiger partial charge in [0.25, 0.3) is 0 Å². The molecule has 0 radical (unpaired) electrons. The van der Waals surface area contributed by atoms with Crippen LogP contribution in [0.3, 0.4) is 0 Å². The second-order valence-electron chi connectivity index (χ2n) is 5.81. The van der Waals surface area contributed by atoms with Crippen LogP contribution in [0.1, 0.15) is 11.1 Å². The molecule has 124 valence electrons. The number of nitrogens with zero attached hydrogens (tertiary/aromatic N) is 1. The smallest absolute Gasteiger partial charge is 0.435 e. The van der Waals surface area contributed by atoms with Gasteiger partial charge in [-0.1, -0.05) is 60.7 Å². The summed E-state index contributed by atoms with van der Waals surface area (Å²) in [6, 6.07) is 22.4. The molecule has 0 aliphatic carbocycles. The minimum Gasteiger partial charge on any atom is -0.463 e. The maximum Gasteiger partial charge on any atom is 0.435 e. The lowest BCUT2D eigenvalue weighted by Gasteiger charge is -2.16. The lowest BCUT2D eigenvalue weighted by atomic mass is 9.90. The Labute approximate surface area is 148 Å². The predicted octanol–water partition coefficient (Wildman–Crippen LogP) is 6.07. The van der Waals surface area contributed by atoms with Crippen molar-refractivity contribution in [2.24, 2.45) is 4.74 Å². The highest BCUT2D eigenvalue weighted by Gasteiger charge is 2.15. The number of aryl methyl sites for hydroxylation is 2. The fraction of sp³-hybridized carbons (Fsp3) is 0.0952. The van der Waals surface area contributed by atoms with Crippen LogP contribution in [0.15, 0.2) is 71.5 Å². The van der Waals surface area contributed by atoms with E-state index < -0.39 is 6.09 Å². The van der Waals surface area contributed by atoms with Crippen molar-refractivity contribution in [3.63, 3.8) is 0 Å². The van der Waals surface area contributed by atoms with Crippen molar-refractivity contribution in [3.05, 3.63) is 77.9 Å². The Kier molecular flexibility index (Phi) is 5.06. The molecule has 0 saturated carbocycles. The molecular weight excluding hydrogens is 329 g/mol. The van der Waals surface area contributed by atoms with Crippen LogP contribution in [0.5, 0.6) is 0 Å². The summed E-state index contributed by atoms with van der Waals surface area (Å²) in [6.07, 6.45) is -1.15. The third-order valence-corrected chi connectivity index (χ3v) is 4.99. The summed E-state index contributed by atoms with van der Waals surface area (Å²) in [4.78, 5) is 10.9. The van der Waals surface area contributed by atoms with Gasteiger partial charge >= 0.3 is 6.09 Å². The van der Waals surface area contributed by atoms with E-state index in [9.17, 15) is 4.79 Å². The predicted molar refractivity (Wildman–Crippen MR) is 104 cm³/mol. The molecule has 0 aliphatic rings. The van der Waals surface area contributed by atoms with Crippen molar-refractivity contribution in [2.45, 2.75) is 13.8 Å². The van der Waals surface area contributed by atoms with Gasteiger partial charge in [0.1, 0.15) is 0 Å². The van der Waals surface area contributed by atoms with Crippen LogP contribution in [0.25, 0.3) is 22.3 Å². The van der Waals surface area contributed by atoms with E-state index in [4.69, 9.17) is 5.11 Å². The summed E-state index contributed by atoms with van der Waals surface area (Å²) < 4.78 is 3.66. The number of carbonyl (C=O) groups is 1. The average molecular weight is 347 g/mol. The van der Waals surface area contributed by atoms with Crippen LogP contribution in [0.2, 0.25) is 0 Å². The average Bonchev–Trinajstić information content (AvgIpc) is 2.61. The molecule has 1 N–H and O–H groups in total. The minimum atomic E-state index is -1.15. The van der Waals surface area contributed by atoms with Gasteiger partial charge < -0.3 is 5.11 Å². The summed E-state index contributed by atoms with van der Waals surface area (Å²) in [5.41, 5.74) is 6.72. The lowest BCUT2D eigenvalue weighted by Crippen LogP contribution is -2.03. The first-order valence-electron chi connectivity index (χ1n) is 7.97. The standard InChI is InChI=1S/C21H18NO2P/c1-14-8-3-5-10-16(14)18-12-7-13-19(25-22-21(23)24)20(18)17-11-6-4-9-15(17)2/h3-13H,1-2H3,(H,23,24). The Morgan fingerprint density at radius 3 is 1.96 bits per heavy atom. The van der Waals surface area contributed by atoms with Gasteiger partial charge in [0.2, 0.25) is 0 Å². The highest BCUT2D eigenvalue weighted by Crippen LogP contribution is 2.35. The molecule has 3 rings (SSSR count). The van der Waals surface area contributed by atoms with Gasteiger partial charge in [-0.15, -0.1) is 0 Å². The van der Waals surface area contributed by atoms with Crippen molar-refractivity contribution >= 4 is 19.8 Å². The number of hydrogen-bond donors (Lipinski definition) is 1. The van der Waals surface area contributed by atoms with E-state index in [1.807, 2.05) is 36.4 Å². The molecule has 3 aromatic rings. The van der Waals surface area contributed by atoms with Crippen LogP contribution >= 0.6 is 8.37 Å². The van der Waals surface area contributed by atoms with Crippen molar-refractivity contribution < 1.29 is 9.90 Å². The molecule has 3 nitrogen and oxygen atoms in total. The van der Waals surface area contributed by atoms with Gasteiger partial charge in [0, 0.05) is 10.9 Å². The number of benzene rings is 3. The SMILES string of the molecule is Cc1ccccc1-c1cccc(P=NC(=O)O)c1-c1ccccc1C. The van der Waals surface area contributed by atoms with E-state index in [-0.39, 0.29) is 0 Å². The molecule has 0 spiro atoms. The van der Waals surface area contributed by atoms with Gasteiger partial charge in [-0.3, -0.25) is 0 Å². The Balaban J connectivity index is 2.33. The van der Waals surface area contributed by atoms with Gasteiger partial charge in [-0.05, 0) is 47.7 Å². The molecule has 0 heterocycles. The van der Waals surface area contributed by atoms with Gasteiger partial charge in [0.15, 0.2) is 0 Å². The normalized spacial score (nSPS) is 11.0. The zero-order valence-corrected chi connectivity index (χ0v) is 15.0. The first-order chi connectivity index (χ1) is 12.1. The Morgan fingerprint density at radius 2 is 1.36 bits per heavy atom. The summed E-state index contributed by atoms with van der Waals surface area (Å²) in [5.74, 6) is 0. The molecule has 0 aromatic heterocycles. The Hall–Kier alpha value is -2.77. The number of carboxylic acid groups (broad SMARTS) is 1. The fourth-order valence-corrected chi connectivity index (χ4v) is 3.64. The zero-order chi connectivity index (χ0) is 17.8. The van der Waals surface area contributed by atoms with E-state index in [1.54, 1.807) is 0 Å². The van der Waals surface area contributed by atoms with Crippen molar-refractivity contribution in [1.29, 1.82) is 0 Å².